The van der Waals surface area contributed by atoms with E-state index in [0.717, 1.165) is 11.1 Å². The number of anilines is 1. The Labute approximate surface area is 124 Å². The molecular weight excluding hydrogens is 292 g/mol. The van der Waals surface area contributed by atoms with E-state index in [9.17, 15) is 8.42 Å². The number of aryl methyl sites for hydroxylation is 2. The first-order chi connectivity index (χ1) is 9.76. The number of methoxy groups -OCH3 is 1. The first kappa shape index (κ1) is 15.4. The zero-order valence-electron chi connectivity index (χ0n) is 12.6. The van der Waals surface area contributed by atoms with Gasteiger partial charge in [-0.05, 0) is 50.5 Å². The average Bonchev–Trinajstić information content (AvgIpc) is 2.79. The number of hydrogen-bond acceptors (Lipinski definition) is 5. The number of sulfonamides is 1. The number of nitrogens with one attached hydrogen (secondary N) is 1. The van der Waals surface area contributed by atoms with Gasteiger partial charge >= 0.3 is 0 Å². The van der Waals surface area contributed by atoms with E-state index in [-0.39, 0.29) is 10.7 Å². The van der Waals surface area contributed by atoms with Gasteiger partial charge in [0.1, 0.15) is 11.5 Å². The lowest BCUT2D eigenvalue weighted by atomic mass is 10.1. The molecule has 2 aromatic rings. The third-order valence-corrected chi connectivity index (χ3v) is 4.82. The van der Waals surface area contributed by atoms with Crippen LogP contribution in [0.3, 0.4) is 0 Å². The summed E-state index contributed by atoms with van der Waals surface area (Å²) in [5, 5.41) is 3.64. The molecule has 0 spiro atoms. The molecule has 0 saturated carbocycles. The van der Waals surface area contributed by atoms with Crippen molar-refractivity contribution in [2.75, 3.05) is 11.8 Å². The number of ether oxygens (including phenoxy) is 1. The van der Waals surface area contributed by atoms with Crippen molar-refractivity contribution in [3.63, 3.8) is 0 Å². The molecule has 0 radical (unpaired) electrons. The zero-order valence-corrected chi connectivity index (χ0v) is 13.5. The van der Waals surface area contributed by atoms with Crippen molar-refractivity contribution < 1.29 is 17.7 Å². The maximum Gasteiger partial charge on any atom is 0.263 e. The minimum atomic E-state index is -3.73. The fourth-order valence-corrected chi connectivity index (χ4v) is 3.59. The van der Waals surface area contributed by atoms with Crippen LogP contribution in [-0.4, -0.2) is 20.7 Å². The van der Waals surface area contributed by atoms with Crippen molar-refractivity contribution in [3.05, 3.63) is 34.6 Å². The molecule has 1 heterocycles. The maximum atomic E-state index is 12.5. The second-order valence-electron chi connectivity index (χ2n) is 4.90. The molecule has 1 aromatic carbocycles. The Bertz CT molecular complexity index is 779. The van der Waals surface area contributed by atoms with Gasteiger partial charge in [0.15, 0.2) is 5.82 Å². The van der Waals surface area contributed by atoms with Gasteiger partial charge in [0.2, 0.25) is 0 Å². The van der Waals surface area contributed by atoms with Crippen molar-refractivity contribution >= 4 is 15.8 Å². The van der Waals surface area contributed by atoms with E-state index in [4.69, 9.17) is 9.26 Å². The highest BCUT2D eigenvalue weighted by Gasteiger charge is 2.22. The minimum absolute atomic E-state index is 0.165. The Morgan fingerprint density at radius 2 is 1.81 bits per heavy atom. The third-order valence-electron chi connectivity index (χ3n) is 3.34. The Hall–Kier alpha value is -2.02. The molecule has 0 atom stereocenters. The van der Waals surface area contributed by atoms with Crippen LogP contribution in [0.25, 0.3) is 0 Å². The van der Waals surface area contributed by atoms with Gasteiger partial charge in [-0.1, -0.05) is 5.16 Å². The SMILES string of the molecule is COc1c(C)cc(S(=O)(=O)Nc2cc(C)on2)c(C)c1C. The molecule has 0 bridgehead atoms. The molecule has 2 rings (SSSR count). The fourth-order valence-electron chi connectivity index (χ4n) is 2.22. The second kappa shape index (κ2) is 5.40. The van der Waals surface area contributed by atoms with Crippen molar-refractivity contribution in [2.45, 2.75) is 32.6 Å². The van der Waals surface area contributed by atoms with Gasteiger partial charge in [-0.3, -0.25) is 4.72 Å². The average molecular weight is 310 g/mol. The summed E-state index contributed by atoms with van der Waals surface area (Å²) in [5.74, 6) is 1.40. The van der Waals surface area contributed by atoms with Crippen molar-refractivity contribution in [1.29, 1.82) is 0 Å². The first-order valence-electron chi connectivity index (χ1n) is 6.37. The summed E-state index contributed by atoms with van der Waals surface area (Å²) < 4.78 is 37.6. The van der Waals surface area contributed by atoms with Crippen LogP contribution in [0.2, 0.25) is 0 Å². The minimum Gasteiger partial charge on any atom is -0.496 e. The van der Waals surface area contributed by atoms with Crippen LogP contribution in [0.1, 0.15) is 22.5 Å². The lowest BCUT2D eigenvalue weighted by Crippen LogP contribution is -2.15. The third kappa shape index (κ3) is 2.87. The number of nitrogens with zero attached hydrogens (tertiary/aromatic N) is 1. The molecule has 0 aliphatic heterocycles. The van der Waals surface area contributed by atoms with Gasteiger partial charge in [-0.2, -0.15) is 0 Å². The van der Waals surface area contributed by atoms with E-state index < -0.39 is 10.0 Å². The van der Waals surface area contributed by atoms with Crippen molar-refractivity contribution in [3.8, 4) is 5.75 Å². The van der Waals surface area contributed by atoms with Crippen molar-refractivity contribution in [1.82, 2.24) is 5.16 Å². The van der Waals surface area contributed by atoms with E-state index >= 15 is 0 Å². The summed E-state index contributed by atoms with van der Waals surface area (Å²) in [6.07, 6.45) is 0. The van der Waals surface area contributed by atoms with E-state index in [0.29, 0.717) is 17.1 Å². The normalized spacial score (nSPS) is 11.5. The van der Waals surface area contributed by atoms with Crippen LogP contribution >= 0.6 is 0 Å². The van der Waals surface area contributed by atoms with Crippen LogP contribution in [0.15, 0.2) is 21.6 Å². The van der Waals surface area contributed by atoms with Crippen LogP contribution in [-0.2, 0) is 10.0 Å². The maximum absolute atomic E-state index is 12.5. The fraction of sp³-hybridized carbons (Fsp3) is 0.357. The molecule has 7 heteroatoms. The molecule has 0 fully saturated rings. The van der Waals surface area contributed by atoms with E-state index in [1.54, 1.807) is 27.0 Å². The van der Waals surface area contributed by atoms with Gasteiger partial charge in [-0.15, -0.1) is 0 Å². The summed E-state index contributed by atoms with van der Waals surface area (Å²) in [6.45, 7) is 7.09. The number of benzene rings is 1. The molecule has 0 aliphatic rings. The van der Waals surface area contributed by atoms with Gasteiger partial charge in [-0.25, -0.2) is 8.42 Å². The van der Waals surface area contributed by atoms with E-state index in [1.165, 1.54) is 6.07 Å². The highest BCUT2D eigenvalue weighted by atomic mass is 32.2. The van der Waals surface area contributed by atoms with Gasteiger partial charge < -0.3 is 9.26 Å². The van der Waals surface area contributed by atoms with Gasteiger partial charge in [0, 0.05) is 6.07 Å². The number of rotatable bonds is 4. The second-order valence-corrected chi connectivity index (χ2v) is 6.55. The molecule has 114 valence electrons. The predicted molar refractivity (Wildman–Crippen MR) is 79.3 cm³/mol. The first-order valence-corrected chi connectivity index (χ1v) is 7.85. The Balaban J connectivity index is 2.50. The summed E-state index contributed by atoms with van der Waals surface area (Å²) in [6, 6.07) is 3.12. The molecule has 0 amide bonds. The monoisotopic (exact) mass is 310 g/mol. The van der Waals surface area contributed by atoms with Crippen LogP contribution < -0.4 is 9.46 Å². The van der Waals surface area contributed by atoms with E-state index in [2.05, 4.69) is 9.88 Å². The Kier molecular flexibility index (Phi) is 3.95. The summed E-state index contributed by atoms with van der Waals surface area (Å²) >= 11 is 0. The molecule has 1 N–H and O–H groups in total. The molecular formula is C14H18N2O4S. The lowest BCUT2D eigenvalue weighted by molar-refractivity contribution is 0.400. The zero-order chi connectivity index (χ0) is 15.8. The molecule has 1 aromatic heterocycles. The summed E-state index contributed by atoms with van der Waals surface area (Å²) in [7, 11) is -2.16. The molecule has 21 heavy (non-hydrogen) atoms. The highest BCUT2D eigenvalue weighted by molar-refractivity contribution is 7.92. The molecule has 0 saturated heterocycles. The Morgan fingerprint density at radius 3 is 2.33 bits per heavy atom. The topological polar surface area (TPSA) is 81.4 Å². The smallest absolute Gasteiger partial charge is 0.263 e. The standard InChI is InChI=1S/C14H18N2O4S/c1-8-6-12(10(3)11(4)14(8)19-5)21(17,18)16-13-7-9(2)20-15-13/h6-7H,1-5H3,(H,15,16). The summed E-state index contributed by atoms with van der Waals surface area (Å²) in [4.78, 5) is 0.207. The van der Waals surface area contributed by atoms with Gasteiger partial charge in [0.25, 0.3) is 10.0 Å². The Morgan fingerprint density at radius 1 is 1.14 bits per heavy atom. The number of hydrogen-bond donors (Lipinski definition) is 1. The largest absolute Gasteiger partial charge is 0.496 e. The van der Waals surface area contributed by atoms with E-state index in [1.807, 2.05) is 13.8 Å². The lowest BCUT2D eigenvalue weighted by Gasteiger charge is -2.15. The quantitative estimate of drug-likeness (QED) is 0.939. The predicted octanol–water partition coefficient (Wildman–Crippen LogP) is 2.72. The molecule has 0 unspecified atom stereocenters. The van der Waals surface area contributed by atoms with Crippen LogP contribution in [0.5, 0.6) is 5.75 Å². The molecule has 0 aliphatic carbocycles. The van der Waals surface area contributed by atoms with Crippen LogP contribution in [0.4, 0.5) is 5.82 Å². The van der Waals surface area contributed by atoms with Crippen LogP contribution in [0, 0.1) is 27.7 Å². The number of aromatic nitrogens is 1. The molecule has 6 nitrogen and oxygen atoms in total. The van der Waals surface area contributed by atoms with Crippen molar-refractivity contribution in [2.24, 2.45) is 0 Å². The summed E-state index contributed by atoms with van der Waals surface area (Å²) in [5.41, 5.74) is 2.21. The van der Waals surface area contributed by atoms with Gasteiger partial charge in [0.05, 0.1) is 12.0 Å². The highest BCUT2D eigenvalue weighted by Crippen LogP contribution is 2.31.